The first-order chi connectivity index (χ1) is 10.9. The molecule has 4 rings (SSSR count). The molecule has 4 aliphatic rings. The molecule has 2 heteroatoms. The molecule has 0 aromatic rings. The molecule has 0 aromatic carbocycles. The third kappa shape index (κ3) is 2.06. The second-order valence-electron chi connectivity index (χ2n) is 9.85. The first-order valence-corrected chi connectivity index (χ1v) is 10.3. The van der Waals surface area contributed by atoms with Crippen LogP contribution < -0.4 is 0 Å². The van der Waals surface area contributed by atoms with E-state index in [1.807, 2.05) is 0 Å². The Morgan fingerprint density at radius 2 is 1.78 bits per heavy atom. The molecule has 1 unspecified atom stereocenters. The fourth-order valence-electron chi connectivity index (χ4n) is 8.07. The quantitative estimate of drug-likeness (QED) is 0.752. The Labute approximate surface area is 142 Å². The number of aliphatic hydroxyl groups is 2. The zero-order valence-electron chi connectivity index (χ0n) is 15.3. The maximum atomic E-state index is 11.2. The van der Waals surface area contributed by atoms with Crippen LogP contribution in [0.15, 0.2) is 0 Å². The van der Waals surface area contributed by atoms with E-state index < -0.39 is 0 Å². The van der Waals surface area contributed by atoms with Crippen molar-refractivity contribution in [2.75, 3.05) is 0 Å². The van der Waals surface area contributed by atoms with Crippen LogP contribution in [0, 0.1) is 40.4 Å². The molecule has 2 nitrogen and oxygen atoms in total. The second-order valence-corrected chi connectivity index (χ2v) is 9.85. The largest absolute Gasteiger partial charge is 0.393 e. The van der Waals surface area contributed by atoms with Crippen molar-refractivity contribution < 1.29 is 10.2 Å². The van der Waals surface area contributed by atoms with Gasteiger partial charge in [0.15, 0.2) is 0 Å². The lowest BCUT2D eigenvalue weighted by atomic mass is 9.44. The van der Waals surface area contributed by atoms with Crippen molar-refractivity contribution in [2.45, 2.75) is 90.8 Å². The van der Waals surface area contributed by atoms with Gasteiger partial charge in [-0.2, -0.15) is 0 Å². The van der Waals surface area contributed by atoms with E-state index in [4.69, 9.17) is 0 Å². The Balaban J connectivity index is 1.71. The standard InChI is InChI=1S/C21H36O2/c1-4-13-11-17(22)19-15-9-8-14-7-5-6-10-20(14,2)16(15)12-18(23)21(13,19)3/h13-19,22-23H,4-12H2,1-3H3/t13-,14?,15+,16-,17-,18+,19+,20-,21-/m0/s1. The van der Waals surface area contributed by atoms with E-state index in [2.05, 4.69) is 20.8 Å². The van der Waals surface area contributed by atoms with Crippen molar-refractivity contribution in [1.29, 1.82) is 0 Å². The fourth-order valence-corrected chi connectivity index (χ4v) is 8.07. The molecule has 0 aliphatic heterocycles. The van der Waals surface area contributed by atoms with Crippen molar-refractivity contribution in [3.8, 4) is 0 Å². The lowest BCUT2D eigenvalue weighted by molar-refractivity contribution is -0.176. The van der Waals surface area contributed by atoms with Gasteiger partial charge >= 0.3 is 0 Å². The second kappa shape index (κ2) is 5.46. The molecule has 23 heavy (non-hydrogen) atoms. The number of fused-ring (bicyclic) bond motifs is 5. The highest BCUT2D eigenvalue weighted by molar-refractivity contribution is 5.13. The number of rotatable bonds is 1. The van der Waals surface area contributed by atoms with Gasteiger partial charge < -0.3 is 10.2 Å². The van der Waals surface area contributed by atoms with Gasteiger partial charge in [-0.15, -0.1) is 0 Å². The van der Waals surface area contributed by atoms with Gasteiger partial charge in [-0.3, -0.25) is 0 Å². The summed E-state index contributed by atoms with van der Waals surface area (Å²) in [6.45, 7) is 7.07. The summed E-state index contributed by atoms with van der Waals surface area (Å²) in [5.74, 6) is 2.99. The van der Waals surface area contributed by atoms with Crippen molar-refractivity contribution in [3.63, 3.8) is 0 Å². The maximum absolute atomic E-state index is 11.2. The lowest BCUT2D eigenvalue weighted by Gasteiger charge is -2.62. The van der Waals surface area contributed by atoms with Gasteiger partial charge in [0.05, 0.1) is 12.2 Å². The molecule has 0 saturated heterocycles. The summed E-state index contributed by atoms with van der Waals surface area (Å²) in [5, 5.41) is 22.1. The highest BCUT2D eigenvalue weighted by Crippen LogP contribution is 2.67. The van der Waals surface area contributed by atoms with Gasteiger partial charge in [0.2, 0.25) is 0 Å². The Hall–Kier alpha value is -0.0800. The molecule has 2 N–H and O–H groups in total. The van der Waals surface area contributed by atoms with E-state index in [0.29, 0.717) is 29.1 Å². The minimum absolute atomic E-state index is 0.0484. The van der Waals surface area contributed by atoms with E-state index in [1.165, 1.54) is 38.5 Å². The molecule has 0 spiro atoms. The smallest absolute Gasteiger partial charge is 0.0603 e. The molecular formula is C21H36O2. The van der Waals surface area contributed by atoms with Crippen LogP contribution in [0.1, 0.15) is 78.6 Å². The monoisotopic (exact) mass is 320 g/mol. The molecule has 9 atom stereocenters. The predicted molar refractivity (Wildman–Crippen MR) is 92.9 cm³/mol. The third-order valence-electron chi connectivity index (χ3n) is 9.35. The van der Waals surface area contributed by atoms with Crippen LogP contribution in [0.5, 0.6) is 0 Å². The lowest BCUT2D eigenvalue weighted by Crippen LogP contribution is -2.59. The summed E-state index contributed by atoms with van der Waals surface area (Å²) in [6, 6.07) is 0. The number of aliphatic hydroxyl groups excluding tert-OH is 2. The highest BCUT2D eigenvalue weighted by Gasteiger charge is 2.64. The molecule has 0 bridgehead atoms. The van der Waals surface area contributed by atoms with Gasteiger partial charge in [0.25, 0.3) is 0 Å². The van der Waals surface area contributed by atoms with Crippen LogP contribution in [-0.4, -0.2) is 22.4 Å². The highest BCUT2D eigenvalue weighted by atomic mass is 16.3. The van der Waals surface area contributed by atoms with Crippen molar-refractivity contribution in [1.82, 2.24) is 0 Å². The fraction of sp³-hybridized carbons (Fsp3) is 1.00. The van der Waals surface area contributed by atoms with Crippen molar-refractivity contribution in [3.05, 3.63) is 0 Å². The van der Waals surface area contributed by atoms with Crippen LogP contribution >= 0.6 is 0 Å². The summed E-state index contributed by atoms with van der Waals surface area (Å²) in [6.07, 6.45) is 10.8. The molecular weight excluding hydrogens is 284 g/mol. The van der Waals surface area contributed by atoms with Gasteiger partial charge in [0, 0.05) is 5.41 Å². The average Bonchev–Trinajstić information content (AvgIpc) is 2.80. The Kier molecular flexibility index (Phi) is 3.89. The minimum atomic E-state index is -0.214. The van der Waals surface area contributed by atoms with Gasteiger partial charge in [0.1, 0.15) is 0 Å². The summed E-state index contributed by atoms with van der Waals surface area (Å²) >= 11 is 0. The van der Waals surface area contributed by atoms with Crippen LogP contribution in [0.25, 0.3) is 0 Å². The van der Waals surface area contributed by atoms with E-state index >= 15 is 0 Å². The summed E-state index contributed by atoms with van der Waals surface area (Å²) < 4.78 is 0. The molecule has 0 amide bonds. The molecule has 132 valence electrons. The predicted octanol–water partition coefficient (Wildman–Crippen LogP) is 4.39. The summed E-state index contributed by atoms with van der Waals surface area (Å²) in [4.78, 5) is 0. The van der Waals surface area contributed by atoms with Gasteiger partial charge in [-0.25, -0.2) is 0 Å². The Morgan fingerprint density at radius 1 is 1.00 bits per heavy atom. The summed E-state index contributed by atoms with van der Waals surface area (Å²) in [7, 11) is 0. The van der Waals surface area contributed by atoms with E-state index in [1.54, 1.807) is 0 Å². The normalized spacial score (nSPS) is 59.1. The average molecular weight is 321 g/mol. The molecule has 4 saturated carbocycles. The maximum Gasteiger partial charge on any atom is 0.0603 e. The van der Waals surface area contributed by atoms with Gasteiger partial charge in [-0.05, 0) is 73.5 Å². The Morgan fingerprint density at radius 3 is 2.52 bits per heavy atom. The van der Waals surface area contributed by atoms with Crippen LogP contribution in [0.3, 0.4) is 0 Å². The SMILES string of the molecule is CC[C@H]1C[C@H](O)[C@H]2[C@@H]3CCC4CCCC[C@]4(C)[C@H]3C[C@@H](O)[C@]12C. The zero-order chi connectivity index (χ0) is 16.4. The van der Waals surface area contributed by atoms with Crippen LogP contribution in [0.2, 0.25) is 0 Å². The van der Waals surface area contributed by atoms with Crippen molar-refractivity contribution >= 4 is 0 Å². The first kappa shape index (κ1) is 16.4. The van der Waals surface area contributed by atoms with E-state index in [9.17, 15) is 10.2 Å². The Bertz CT molecular complexity index is 463. The van der Waals surface area contributed by atoms with E-state index in [0.717, 1.165) is 25.2 Å². The van der Waals surface area contributed by atoms with E-state index in [-0.39, 0.29) is 17.6 Å². The van der Waals surface area contributed by atoms with Crippen LogP contribution in [-0.2, 0) is 0 Å². The number of hydrogen-bond donors (Lipinski definition) is 2. The first-order valence-electron chi connectivity index (χ1n) is 10.3. The molecule has 4 aliphatic carbocycles. The molecule has 0 aromatic heterocycles. The van der Waals surface area contributed by atoms with Crippen molar-refractivity contribution in [2.24, 2.45) is 40.4 Å². The van der Waals surface area contributed by atoms with Gasteiger partial charge in [-0.1, -0.05) is 40.0 Å². The van der Waals surface area contributed by atoms with Crippen LogP contribution in [0.4, 0.5) is 0 Å². The minimum Gasteiger partial charge on any atom is -0.393 e. The molecule has 0 radical (unpaired) electrons. The topological polar surface area (TPSA) is 40.5 Å². The summed E-state index contributed by atoms with van der Waals surface area (Å²) in [5.41, 5.74) is 0.376. The zero-order valence-corrected chi connectivity index (χ0v) is 15.3. The molecule has 4 fully saturated rings. The number of hydrogen-bond acceptors (Lipinski definition) is 2. The molecule has 0 heterocycles. The third-order valence-corrected chi connectivity index (χ3v) is 9.35.